The Morgan fingerprint density at radius 3 is 2.50 bits per heavy atom. The van der Waals surface area contributed by atoms with Crippen LogP contribution in [0.3, 0.4) is 0 Å². The van der Waals surface area contributed by atoms with Crippen molar-refractivity contribution in [1.82, 2.24) is 10.2 Å². The zero-order valence-corrected chi connectivity index (χ0v) is 21.8. The molecular formula is C28H33N3O4S. The van der Waals surface area contributed by atoms with E-state index in [2.05, 4.69) is 5.32 Å². The monoisotopic (exact) mass is 507 g/mol. The van der Waals surface area contributed by atoms with Crippen LogP contribution >= 0.6 is 0 Å². The normalized spacial score (nSPS) is 14.6. The molecule has 4 rings (SSSR count). The topological polar surface area (TPSA) is 86.8 Å². The van der Waals surface area contributed by atoms with Gasteiger partial charge in [-0.2, -0.15) is 0 Å². The molecule has 0 saturated heterocycles. The Hall–Kier alpha value is -3.39. The first-order valence-corrected chi connectivity index (χ1v) is 13.8. The summed E-state index contributed by atoms with van der Waals surface area (Å²) in [5.74, 6) is -0.370. The van der Waals surface area contributed by atoms with Gasteiger partial charge in [0.05, 0.1) is 10.6 Å². The van der Waals surface area contributed by atoms with E-state index in [1.165, 1.54) is 4.31 Å². The summed E-state index contributed by atoms with van der Waals surface area (Å²) in [4.78, 5) is 28.0. The number of hydrogen-bond donors (Lipinski definition) is 1. The van der Waals surface area contributed by atoms with Crippen LogP contribution in [0.2, 0.25) is 0 Å². The van der Waals surface area contributed by atoms with Gasteiger partial charge in [-0.25, -0.2) is 8.42 Å². The molecule has 0 fully saturated rings. The van der Waals surface area contributed by atoms with Crippen LogP contribution in [-0.2, 0) is 26.2 Å². The molecule has 0 unspecified atom stereocenters. The van der Waals surface area contributed by atoms with Crippen LogP contribution in [0.1, 0.15) is 44.2 Å². The van der Waals surface area contributed by atoms with Gasteiger partial charge in [0.2, 0.25) is 11.8 Å². The summed E-state index contributed by atoms with van der Waals surface area (Å²) in [5.41, 5.74) is 2.68. The Kier molecular flexibility index (Phi) is 7.64. The minimum atomic E-state index is -3.67. The zero-order chi connectivity index (χ0) is 25.9. The van der Waals surface area contributed by atoms with Gasteiger partial charge >= 0.3 is 0 Å². The lowest BCUT2D eigenvalue weighted by Gasteiger charge is -2.29. The molecule has 0 aromatic heterocycles. The molecule has 190 valence electrons. The van der Waals surface area contributed by atoms with E-state index >= 15 is 0 Å². The second-order valence-corrected chi connectivity index (χ2v) is 11.1. The maximum Gasteiger partial charge on any atom is 0.265 e. The summed E-state index contributed by atoms with van der Waals surface area (Å²) < 4.78 is 27.8. The first-order chi connectivity index (χ1) is 17.2. The Bertz CT molecular complexity index is 1380. The summed E-state index contributed by atoms with van der Waals surface area (Å²) in [6, 6.07) is 18.1. The van der Waals surface area contributed by atoms with Crippen LogP contribution in [0.4, 0.5) is 5.69 Å². The second kappa shape index (κ2) is 10.7. The maximum atomic E-state index is 13.4. The third kappa shape index (κ3) is 5.09. The van der Waals surface area contributed by atoms with Crippen molar-refractivity contribution in [1.29, 1.82) is 0 Å². The number of benzene rings is 3. The zero-order valence-electron chi connectivity index (χ0n) is 21.0. The number of carbonyl (C=O) groups is 2. The molecule has 1 atom stereocenters. The second-order valence-electron chi connectivity index (χ2n) is 9.29. The van der Waals surface area contributed by atoms with Crippen molar-refractivity contribution in [3.63, 3.8) is 0 Å². The number of nitrogens with zero attached hydrogens (tertiary/aromatic N) is 2. The highest BCUT2D eigenvalue weighted by Gasteiger charge is 2.35. The predicted molar refractivity (Wildman–Crippen MR) is 142 cm³/mol. The number of carbonyl (C=O) groups excluding carboxylic acids is 2. The molecule has 1 aliphatic rings. The number of amides is 2. The van der Waals surface area contributed by atoms with E-state index in [9.17, 15) is 18.0 Å². The van der Waals surface area contributed by atoms with Crippen molar-refractivity contribution in [2.24, 2.45) is 0 Å². The van der Waals surface area contributed by atoms with Crippen molar-refractivity contribution in [3.8, 4) is 0 Å². The molecule has 0 saturated carbocycles. The Balaban J connectivity index is 1.49. The lowest BCUT2D eigenvalue weighted by molar-refractivity contribution is -0.140. The molecule has 0 aliphatic carbocycles. The highest BCUT2D eigenvalue weighted by atomic mass is 32.2. The molecule has 1 heterocycles. The van der Waals surface area contributed by atoms with E-state index < -0.39 is 16.1 Å². The lowest BCUT2D eigenvalue weighted by atomic mass is 10.1. The van der Waals surface area contributed by atoms with Gasteiger partial charge in [-0.15, -0.1) is 0 Å². The molecule has 0 bridgehead atoms. The van der Waals surface area contributed by atoms with E-state index in [4.69, 9.17) is 0 Å². The molecule has 1 aliphatic heterocycles. The third-order valence-corrected chi connectivity index (χ3v) is 8.44. The summed E-state index contributed by atoms with van der Waals surface area (Å²) in [7, 11) is -3.67. The lowest BCUT2D eigenvalue weighted by Crippen LogP contribution is -2.47. The van der Waals surface area contributed by atoms with Crippen molar-refractivity contribution >= 4 is 38.3 Å². The quantitative estimate of drug-likeness (QED) is 0.441. The Morgan fingerprint density at radius 1 is 1.06 bits per heavy atom. The van der Waals surface area contributed by atoms with Gasteiger partial charge in [0.25, 0.3) is 10.0 Å². The maximum absolute atomic E-state index is 13.4. The summed E-state index contributed by atoms with van der Waals surface area (Å²) in [6.07, 6.45) is 1.29. The average molecular weight is 508 g/mol. The van der Waals surface area contributed by atoms with E-state index in [1.54, 1.807) is 24.0 Å². The first kappa shape index (κ1) is 25.7. The van der Waals surface area contributed by atoms with E-state index in [-0.39, 0.29) is 24.8 Å². The number of nitrogens with one attached hydrogen (secondary N) is 1. The Morgan fingerprint density at radius 2 is 1.78 bits per heavy atom. The van der Waals surface area contributed by atoms with E-state index in [0.717, 1.165) is 28.3 Å². The molecule has 8 heteroatoms. The molecule has 3 aromatic carbocycles. The van der Waals surface area contributed by atoms with Crippen molar-refractivity contribution in [3.05, 3.63) is 71.8 Å². The van der Waals surface area contributed by atoms with Gasteiger partial charge in [0, 0.05) is 31.4 Å². The third-order valence-electron chi connectivity index (χ3n) is 6.58. The van der Waals surface area contributed by atoms with Crippen LogP contribution in [0.5, 0.6) is 0 Å². The molecule has 0 radical (unpaired) electrons. The highest BCUT2D eigenvalue weighted by molar-refractivity contribution is 7.93. The number of sulfonamides is 1. The van der Waals surface area contributed by atoms with Gasteiger partial charge < -0.3 is 10.2 Å². The molecule has 0 spiro atoms. The Labute approximate surface area is 213 Å². The molecule has 3 aromatic rings. The van der Waals surface area contributed by atoms with Crippen LogP contribution in [0, 0.1) is 6.92 Å². The van der Waals surface area contributed by atoms with E-state index in [0.29, 0.717) is 30.1 Å². The van der Waals surface area contributed by atoms with E-state index in [1.807, 2.05) is 62.4 Å². The fraction of sp³-hybridized carbons (Fsp3) is 0.357. The SMILES string of the molecule is CCCNC(=O)[C@@H](C)N(Cc1cccc(C)c1)C(=O)CCCN1c2cccc3cccc(c23)S1(=O)=O. The van der Waals surface area contributed by atoms with Crippen LogP contribution < -0.4 is 9.62 Å². The van der Waals surface area contributed by atoms with Gasteiger partial charge in [0.1, 0.15) is 6.04 Å². The molecular weight excluding hydrogens is 474 g/mol. The number of aryl methyl sites for hydroxylation is 1. The fourth-order valence-corrected chi connectivity index (χ4v) is 6.45. The molecule has 2 amide bonds. The summed E-state index contributed by atoms with van der Waals surface area (Å²) in [6.45, 7) is 6.76. The van der Waals surface area contributed by atoms with Gasteiger partial charge in [-0.1, -0.05) is 61.0 Å². The first-order valence-electron chi connectivity index (χ1n) is 12.4. The summed E-state index contributed by atoms with van der Waals surface area (Å²) >= 11 is 0. The molecule has 1 N–H and O–H groups in total. The number of anilines is 1. The minimum Gasteiger partial charge on any atom is -0.354 e. The van der Waals surface area contributed by atoms with Crippen molar-refractivity contribution in [2.45, 2.75) is 57.5 Å². The van der Waals surface area contributed by atoms with Crippen molar-refractivity contribution in [2.75, 3.05) is 17.4 Å². The predicted octanol–water partition coefficient (Wildman–Crippen LogP) is 4.38. The highest BCUT2D eigenvalue weighted by Crippen LogP contribution is 2.42. The van der Waals surface area contributed by atoms with Gasteiger partial charge in [-0.05, 0) is 49.8 Å². The summed E-state index contributed by atoms with van der Waals surface area (Å²) in [5, 5.41) is 4.49. The van der Waals surface area contributed by atoms with Crippen LogP contribution in [0.25, 0.3) is 10.8 Å². The number of rotatable bonds is 10. The van der Waals surface area contributed by atoms with Crippen molar-refractivity contribution < 1.29 is 18.0 Å². The number of hydrogen-bond acceptors (Lipinski definition) is 4. The average Bonchev–Trinajstić information content (AvgIpc) is 3.08. The van der Waals surface area contributed by atoms with Crippen LogP contribution in [-0.4, -0.2) is 44.3 Å². The fourth-order valence-electron chi connectivity index (χ4n) is 4.70. The molecule has 7 nitrogen and oxygen atoms in total. The minimum absolute atomic E-state index is 0.134. The smallest absolute Gasteiger partial charge is 0.265 e. The largest absolute Gasteiger partial charge is 0.354 e. The standard InChI is InChI=1S/C28H33N3O4S/c1-4-16-29-28(33)21(3)30(19-22-10-5-9-20(2)18-22)26(32)15-8-17-31-24-13-6-11-23-12-7-14-25(27(23)24)36(31,34)35/h5-7,9-14,18,21H,4,8,15-17,19H2,1-3H3,(H,29,33)/t21-/m1/s1. The van der Waals surface area contributed by atoms with Gasteiger partial charge in [0.15, 0.2) is 0 Å². The van der Waals surface area contributed by atoms with Gasteiger partial charge in [-0.3, -0.25) is 13.9 Å². The van der Waals surface area contributed by atoms with Crippen LogP contribution in [0.15, 0.2) is 65.6 Å². The molecule has 36 heavy (non-hydrogen) atoms.